The molecule has 1 N–H and O–H groups in total. The van der Waals surface area contributed by atoms with Crippen LogP contribution in [0, 0.1) is 0 Å². The highest BCUT2D eigenvalue weighted by Crippen LogP contribution is 2.14. The Kier molecular flexibility index (Phi) is 3.55. The minimum atomic E-state index is -0.251. The molecule has 5 nitrogen and oxygen atoms in total. The van der Waals surface area contributed by atoms with Crippen molar-refractivity contribution in [1.82, 2.24) is 15.1 Å². The fraction of sp³-hybridized carbons (Fsp3) is 0.125. The van der Waals surface area contributed by atoms with Gasteiger partial charge in [-0.15, -0.1) is 0 Å². The summed E-state index contributed by atoms with van der Waals surface area (Å²) >= 11 is 0. The van der Waals surface area contributed by atoms with Crippen LogP contribution < -0.4 is 10.1 Å². The zero-order valence-electron chi connectivity index (χ0n) is 11.6. The number of para-hydroxylation sites is 1. The van der Waals surface area contributed by atoms with Crippen molar-refractivity contribution in [1.29, 1.82) is 0 Å². The van der Waals surface area contributed by atoms with Gasteiger partial charge < -0.3 is 10.1 Å². The molecule has 0 atom stereocenters. The van der Waals surface area contributed by atoms with Crippen LogP contribution >= 0.6 is 0 Å². The summed E-state index contributed by atoms with van der Waals surface area (Å²) in [5.74, 6) is 0.770. The van der Waals surface area contributed by atoms with Gasteiger partial charge in [0.05, 0.1) is 18.8 Å². The number of fused-ring (bicyclic) bond motifs is 1. The highest BCUT2D eigenvalue weighted by atomic mass is 16.5. The van der Waals surface area contributed by atoms with Gasteiger partial charge in [-0.25, -0.2) is 4.79 Å². The molecule has 1 aromatic heterocycles. The lowest BCUT2D eigenvalue weighted by Gasteiger charge is -2.07. The summed E-state index contributed by atoms with van der Waals surface area (Å²) in [6.45, 7) is 0.421. The summed E-state index contributed by atoms with van der Waals surface area (Å²) in [5.41, 5.74) is 1.76. The molecule has 0 saturated heterocycles. The fourth-order valence-corrected chi connectivity index (χ4v) is 2.17. The van der Waals surface area contributed by atoms with Crippen molar-refractivity contribution in [2.45, 2.75) is 6.54 Å². The van der Waals surface area contributed by atoms with E-state index in [1.54, 1.807) is 13.3 Å². The summed E-state index contributed by atoms with van der Waals surface area (Å²) in [4.78, 5) is 12.2. The second-order valence-electron chi connectivity index (χ2n) is 4.63. The summed E-state index contributed by atoms with van der Waals surface area (Å²) < 4.78 is 6.53. The molecular weight excluding hydrogens is 266 g/mol. The number of aromatic nitrogens is 2. The van der Waals surface area contributed by atoms with Crippen molar-refractivity contribution >= 4 is 16.9 Å². The van der Waals surface area contributed by atoms with Gasteiger partial charge in [0, 0.05) is 11.9 Å². The van der Waals surface area contributed by atoms with Crippen molar-refractivity contribution in [2.75, 3.05) is 7.11 Å². The Morgan fingerprint density at radius 3 is 2.95 bits per heavy atom. The third kappa shape index (κ3) is 2.72. The second-order valence-corrected chi connectivity index (χ2v) is 4.63. The minimum absolute atomic E-state index is 0.251. The van der Waals surface area contributed by atoms with Gasteiger partial charge in [0.25, 0.3) is 0 Å². The molecule has 0 radical (unpaired) electrons. The average molecular weight is 281 g/mol. The normalized spacial score (nSPS) is 10.5. The number of carbonyl (C=O) groups is 1. The third-order valence-electron chi connectivity index (χ3n) is 3.25. The molecule has 1 heterocycles. The van der Waals surface area contributed by atoms with Crippen molar-refractivity contribution < 1.29 is 9.53 Å². The third-order valence-corrected chi connectivity index (χ3v) is 3.25. The molecule has 0 bridgehead atoms. The Labute approximate surface area is 122 Å². The van der Waals surface area contributed by atoms with E-state index in [1.165, 1.54) is 4.68 Å². The smallest absolute Gasteiger partial charge is 0.342 e. The van der Waals surface area contributed by atoms with E-state index in [9.17, 15) is 4.79 Å². The largest absolute Gasteiger partial charge is 0.497 e. The van der Waals surface area contributed by atoms with Gasteiger partial charge in [0.1, 0.15) is 5.75 Å². The molecule has 2 aromatic carbocycles. The number of nitrogens with one attached hydrogen (secondary N) is 1. The standard InChI is InChI=1S/C16H15N3O2/c1-21-14-7-4-5-12(9-14)10-17-16(20)19-15-8-3-2-6-13(15)11-18-19/h2-9,11H,10H2,1H3,(H,17,20). The van der Waals surface area contributed by atoms with Gasteiger partial charge in [-0.1, -0.05) is 30.3 Å². The van der Waals surface area contributed by atoms with Crippen LogP contribution in [0.2, 0.25) is 0 Å². The molecule has 3 aromatic rings. The lowest BCUT2D eigenvalue weighted by Crippen LogP contribution is -2.28. The van der Waals surface area contributed by atoms with E-state index in [2.05, 4.69) is 10.4 Å². The van der Waals surface area contributed by atoms with Gasteiger partial charge in [0.2, 0.25) is 0 Å². The molecule has 5 heteroatoms. The number of benzene rings is 2. The van der Waals surface area contributed by atoms with Crippen LogP contribution in [0.5, 0.6) is 5.75 Å². The Balaban J connectivity index is 1.74. The Bertz CT molecular complexity index is 780. The molecule has 0 aliphatic rings. The van der Waals surface area contributed by atoms with E-state index in [4.69, 9.17) is 4.74 Å². The predicted molar refractivity (Wildman–Crippen MR) is 80.4 cm³/mol. The summed E-state index contributed by atoms with van der Waals surface area (Å²) in [6, 6.07) is 14.9. The summed E-state index contributed by atoms with van der Waals surface area (Å²) in [7, 11) is 1.62. The van der Waals surface area contributed by atoms with Gasteiger partial charge >= 0.3 is 6.03 Å². The van der Waals surface area contributed by atoms with E-state index in [-0.39, 0.29) is 6.03 Å². The number of amides is 1. The first-order valence-electron chi connectivity index (χ1n) is 6.62. The zero-order chi connectivity index (χ0) is 14.7. The van der Waals surface area contributed by atoms with Crippen LogP contribution in [0.15, 0.2) is 54.7 Å². The van der Waals surface area contributed by atoms with Crippen molar-refractivity contribution in [3.8, 4) is 5.75 Å². The Morgan fingerprint density at radius 2 is 2.10 bits per heavy atom. The molecule has 0 spiro atoms. The van der Waals surface area contributed by atoms with Crippen molar-refractivity contribution in [2.24, 2.45) is 0 Å². The topological polar surface area (TPSA) is 56.1 Å². The van der Waals surface area contributed by atoms with Crippen LogP contribution in [-0.2, 0) is 6.54 Å². The number of carbonyl (C=O) groups excluding carboxylic acids is 1. The van der Waals surface area contributed by atoms with Gasteiger partial charge in [-0.05, 0) is 23.8 Å². The highest BCUT2D eigenvalue weighted by molar-refractivity contribution is 5.89. The molecule has 1 amide bonds. The summed E-state index contributed by atoms with van der Waals surface area (Å²) in [6.07, 6.45) is 1.68. The summed E-state index contributed by atoms with van der Waals surface area (Å²) in [5, 5.41) is 7.91. The monoisotopic (exact) mass is 281 g/mol. The molecule has 3 rings (SSSR count). The maximum atomic E-state index is 12.2. The molecule has 0 saturated carbocycles. The maximum Gasteiger partial charge on any atom is 0.342 e. The molecule has 21 heavy (non-hydrogen) atoms. The molecule has 0 aliphatic carbocycles. The van der Waals surface area contributed by atoms with Gasteiger partial charge in [-0.3, -0.25) is 0 Å². The molecule has 106 valence electrons. The van der Waals surface area contributed by atoms with E-state index < -0.39 is 0 Å². The number of nitrogens with zero attached hydrogens (tertiary/aromatic N) is 2. The number of hydrogen-bond acceptors (Lipinski definition) is 3. The Morgan fingerprint density at radius 1 is 1.24 bits per heavy atom. The van der Waals surface area contributed by atoms with Crippen LogP contribution in [0.1, 0.15) is 5.56 Å². The number of hydrogen-bond donors (Lipinski definition) is 1. The van der Waals surface area contributed by atoms with Crippen molar-refractivity contribution in [3.63, 3.8) is 0 Å². The van der Waals surface area contributed by atoms with E-state index >= 15 is 0 Å². The molecule has 0 aliphatic heterocycles. The van der Waals surface area contributed by atoms with E-state index in [1.807, 2.05) is 48.5 Å². The quantitative estimate of drug-likeness (QED) is 0.803. The molecule has 0 unspecified atom stereocenters. The number of rotatable bonds is 3. The number of ether oxygens (including phenoxy) is 1. The molecule has 0 fully saturated rings. The lowest BCUT2D eigenvalue weighted by atomic mass is 10.2. The zero-order valence-corrected chi connectivity index (χ0v) is 11.6. The average Bonchev–Trinajstić information content (AvgIpc) is 2.97. The molecular formula is C16H15N3O2. The highest BCUT2D eigenvalue weighted by Gasteiger charge is 2.09. The van der Waals surface area contributed by atoms with Gasteiger partial charge in [-0.2, -0.15) is 9.78 Å². The maximum absolute atomic E-state index is 12.2. The minimum Gasteiger partial charge on any atom is -0.497 e. The van der Waals surface area contributed by atoms with E-state index in [0.29, 0.717) is 6.54 Å². The second kappa shape index (κ2) is 5.66. The SMILES string of the molecule is COc1cccc(CNC(=O)n2ncc3ccccc32)c1. The number of methoxy groups -OCH3 is 1. The lowest BCUT2D eigenvalue weighted by molar-refractivity contribution is 0.240. The van der Waals surface area contributed by atoms with Crippen molar-refractivity contribution in [3.05, 3.63) is 60.3 Å². The van der Waals surface area contributed by atoms with Crippen LogP contribution in [-0.4, -0.2) is 22.9 Å². The van der Waals surface area contributed by atoms with Gasteiger partial charge in [0.15, 0.2) is 0 Å². The first-order chi connectivity index (χ1) is 10.3. The van der Waals surface area contributed by atoms with Crippen LogP contribution in [0.25, 0.3) is 10.9 Å². The fourth-order valence-electron chi connectivity index (χ4n) is 2.17. The Hall–Kier alpha value is -2.82. The van der Waals surface area contributed by atoms with Crippen LogP contribution in [0.3, 0.4) is 0 Å². The first-order valence-corrected chi connectivity index (χ1v) is 6.62. The first kappa shape index (κ1) is 13.2. The predicted octanol–water partition coefficient (Wildman–Crippen LogP) is 2.80. The van der Waals surface area contributed by atoms with Crippen LogP contribution in [0.4, 0.5) is 4.79 Å². The van der Waals surface area contributed by atoms with E-state index in [0.717, 1.165) is 22.2 Å².